The van der Waals surface area contributed by atoms with Crippen molar-refractivity contribution in [3.05, 3.63) is 0 Å². The van der Waals surface area contributed by atoms with Crippen molar-refractivity contribution in [2.75, 3.05) is 6.61 Å². The Balaban J connectivity index is 1.50. The summed E-state index contributed by atoms with van der Waals surface area (Å²) >= 11 is 0. The molecule has 0 aromatic rings. The zero-order valence-corrected chi connectivity index (χ0v) is 15.5. The van der Waals surface area contributed by atoms with E-state index in [0.717, 1.165) is 47.8 Å². The van der Waals surface area contributed by atoms with Crippen LogP contribution in [0.5, 0.6) is 0 Å². The van der Waals surface area contributed by atoms with Crippen molar-refractivity contribution in [2.45, 2.75) is 84.5 Å². The summed E-state index contributed by atoms with van der Waals surface area (Å²) < 4.78 is 0. The summed E-state index contributed by atoms with van der Waals surface area (Å²) in [5.41, 5.74) is 0.567. The molecule has 4 fully saturated rings. The SMILES string of the molecule is CC[C@H]1CC[C@@H]2C3CCC4(C)C(CCO)CCC4[C@@H]3CC[C@@H]2C1. The Bertz CT molecular complexity index is 418. The number of hydrogen-bond acceptors (Lipinski definition) is 1. The molecule has 0 heterocycles. The maximum absolute atomic E-state index is 9.47. The topological polar surface area (TPSA) is 20.2 Å². The predicted molar refractivity (Wildman–Crippen MR) is 96.1 cm³/mol. The molecule has 132 valence electrons. The summed E-state index contributed by atoms with van der Waals surface area (Å²) in [6.07, 6.45) is 16.0. The molecule has 0 aromatic heterocycles. The Morgan fingerprint density at radius 3 is 2.52 bits per heavy atom. The van der Waals surface area contributed by atoms with Crippen LogP contribution in [0.15, 0.2) is 0 Å². The van der Waals surface area contributed by atoms with Crippen molar-refractivity contribution >= 4 is 0 Å². The van der Waals surface area contributed by atoms with Crippen LogP contribution in [0.4, 0.5) is 0 Å². The monoisotopic (exact) mass is 318 g/mol. The van der Waals surface area contributed by atoms with Gasteiger partial charge < -0.3 is 5.11 Å². The Hall–Kier alpha value is -0.0400. The van der Waals surface area contributed by atoms with Crippen molar-refractivity contribution in [3.8, 4) is 0 Å². The molecule has 0 radical (unpaired) electrons. The Morgan fingerprint density at radius 2 is 1.74 bits per heavy atom. The van der Waals surface area contributed by atoms with Crippen LogP contribution in [-0.2, 0) is 0 Å². The predicted octanol–water partition coefficient (Wildman–Crippen LogP) is 5.66. The molecule has 4 saturated carbocycles. The smallest absolute Gasteiger partial charge is 0.0433 e. The number of aliphatic hydroxyl groups is 1. The number of hydrogen-bond donors (Lipinski definition) is 1. The van der Waals surface area contributed by atoms with Gasteiger partial charge >= 0.3 is 0 Å². The fraction of sp³-hybridized carbons (Fsp3) is 1.00. The van der Waals surface area contributed by atoms with Gasteiger partial charge in [-0.3, -0.25) is 0 Å². The van der Waals surface area contributed by atoms with Crippen LogP contribution in [0, 0.1) is 46.8 Å². The molecule has 23 heavy (non-hydrogen) atoms. The molecule has 0 amide bonds. The first-order chi connectivity index (χ1) is 11.2. The summed E-state index contributed by atoms with van der Waals surface area (Å²) in [5, 5.41) is 9.47. The molecule has 1 N–H and O–H groups in total. The van der Waals surface area contributed by atoms with Gasteiger partial charge in [0.25, 0.3) is 0 Å². The van der Waals surface area contributed by atoms with E-state index in [2.05, 4.69) is 13.8 Å². The van der Waals surface area contributed by atoms with E-state index in [1.54, 1.807) is 19.3 Å². The minimum absolute atomic E-state index is 0.407. The molecule has 0 bridgehead atoms. The fourth-order valence-electron chi connectivity index (χ4n) is 8.06. The van der Waals surface area contributed by atoms with E-state index in [9.17, 15) is 5.11 Å². The molecule has 4 aliphatic carbocycles. The van der Waals surface area contributed by atoms with E-state index in [4.69, 9.17) is 0 Å². The highest BCUT2D eigenvalue weighted by atomic mass is 16.3. The third-order valence-electron chi connectivity index (χ3n) is 9.31. The molecule has 8 atom stereocenters. The van der Waals surface area contributed by atoms with E-state index in [0.29, 0.717) is 12.0 Å². The average Bonchev–Trinajstić information content (AvgIpc) is 2.91. The first-order valence-corrected chi connectivity index (χ1v) is 10.8. The number of aliphatic hydroxyl groups excluding tert-OH is 1. The third-order valence-corrected chi connectivity index (χ3v) is 9.31. The van der Waals surface area contributed by atoms with E-state index < -0.39 is 0 Å². The average molecular weight is 319 g/mol. The second-order valence-corrected chi connectivity index (χ2v) is 9.85. The molecule has 1 nitrogen and oxygen atoms in total. The second-order valence-electron chi connectivity index (χ2n) is 9.85. The van der Waals surface area contributed by atoms with Crippen LogP contribution < -0.4 is 0 Å². The van der Waals surface area contributed by atoms with E-state index >= 15 is 0 Å². The van der Waals surface area contributed by atoms with Gasteiger partial charge in [0, 0.05) is 6.61 Å². The Kier molecular flexibility index (Phi) is 4.54. The van der Waals surface area contributed by atoms with Crippen molar-refractivity contribution in [3.63, 3.8) is 0 Å². The van der Waals surface area contributed by atoms with Gasteiger partial charge in [0.15, 0.2) is 0 Å². The highest BCUT2D eigenvalue weighted by Gasteiger charge is 2.56. The van der Waals surface area contributed by atoms with Crippen molar-refractivity contribution < 1.29 is 5.11 Å². The second kappa shape index (κ2) is 6.36. The molecule has 0 saturated heterocycles. The van der Waals surface area contributed by atoms with Gasteiger partial charge in [-0.25, -0.2) is 0 Å². The lowest BCUT2D eigenvalue weighted by Crippen LogP contribution is -2.48. The minimum atomic E-state index is 0.407. The largest absolute Gasteiger partial charge is 0.396 e. The summed E-state index contributed by atoms with van der Waals surface area (Å²) in [4.78, 5) is 0. The normalized spacial score (nSPS) is 52.6. The molecular weight excluding hydrogens is 280 g/mol. The molecule has 0 spiro atoms. The number of fused-ring (bicyclic) bond motifs is 5. The van der Waals surface area contributed by atoms with Gasteiger partial charge in [0.2, 0.25) is 0 Å². The lowest BCUT2D eigenvalue weighted by atomic mass is 9.49. The lowest BCUT2D eigenvalue weighted by Gasteiger charge is -2.56. The molecule has 4 unspecified atom stereocenters. The van der Waals surface area contributed by atoms with Crippen LogP contribution in [0.25, 0.3) is 0 Å². The van der Waals surface area contributed by atoms with E-state index in [1.165, 1.54) is 44.9 Å². The van der Waals surface area contributed by atoms with Crippen LogP contribution in [0.2, 0.25) is 0 Å². The zero-order valence-electron chi connectivity index (χ0n) is 15.5. The summed E-state index contributed by atoms with van der Waals surface area (Å²) in [6.45, 7) is 5.41. The standard InChI is InChI=1S/C22H38O/c1-3-15-4-7-18-16(14-15)5-8-20-19(18)10-12-22(2)17(11-13-23)6-9-21(20)22/h15-21,23H,3-14H2,1-2H3/t15-,16+,17?,18-,19?,20+,21?,22?/m0/s1. The summed E-state index contributed by atoms with van der Waals surface area (Å²) in [6, 6.07) is 0. The van der Waals surface area contributed by atoms with Gasteiger partial charge in [-0.2, -0.15) is 0 Å². The van der Waals surface area contributed by atoms with Gasteiger partial charge in [0.1, 0.15) is 0 Å². The van der Waals surface area contributed by atoms with Gasteiger partial charge in [0.05, 0.1) is 0 Å². The first-order valence-electron chi connectivity index (χ1n) is 10.8. The molecule has 0 aliphatic heterocycles. The summed E-state index contributed by atoms with van der Waals surface area (Å²) in [5.74, 6) is 7.11. The van der Waals surface area contributed by atoms with Gasteiger partial charge in [-0.05, 0) is 105 Å². The molecule has 1 heteroatoms. The molecule has 4 aliphatic rings. The van der Waals surface area contributed by atoms with Gasteiger partial charge in [-0.15, -0.1) is 0 Å². The van der Waals surface area contributed by atoms with Crippen LogP contribution in [0.3, 0.4) is 0 Å². The Labute approximate surface area is 143 Å². The number of rotatable bonds is 3. The highest BCUT2D eigenvalue weighted by Crippen LogP contribution is 2.64. The molecular formula is C22H38O. The summed E-state index contributed by atoms with van der Waals surface area (Å²) in [7, 11) is 0. The lowest BCUT2D eigenvalue weighted by molar-refractivity contribution is -0.0700. The van der Waals surface area contributed by atoms with Crippen LogP contribution in [0.1, 0.15) is 84.5 Å². The molecule has 0 aromatic carbocycles. The quantitative estimate of drug-likeness (QED) is 0.711. The first kappa shape index (κ1) is 16.4. The minimum Gasteiger partial charge on any atom is -0.396 e. The van der Waals surface area contributed by atoms with Crippen LogP contribution >= 0.6 is 0 Å². The Morgan fingerprint density at radius 1 is 0.913 bits per heavy atom. The van der Waals surface area contributed by atoms with Crippen LogP contribution in [-0.4, -0.2) is 11.7 Å². The van der Waals surface area contributed by atoms with Crippen molar-refractivity contribution in [1.29, 1.82) is 0 Å². The highest BCUT2D eigenvalue weighted by molar-refractivity contribution is 5.05. The van der Waals surface area contributed by atoms with Crippen molar-refractivity contribution in [2.24, 2.45) is 46.8 Å². The maximum Gasteiger partial charge on any atom is 0.0433 e. The maximum atomic E-state index is 9.47. The van der Waals surface area contributed by atoms with E-state index in [1.807, 2.05) is 0 Å². The van der Waals surface area contributed by atoms with E-state index in [-0.39, 0.29) is 0 Å². The third kappa shape index (κ3) is 2.60. The molecule has 4 rings (SSSR count). The fourth-order valence-corrected chi connectivity index (χ4v) is 8.06. The zero-order chi connectivity index (χ0) is 16.0. The van der Waals surface area contributed by atoms with Crippen molar-refractivity contribution in [1.82, 2.24) is 0 Å². The van der Waals surface area contributed by atoms with Gasteiger partial charge in [-0.1, -0.05) is 26.7 Å².